The number of rotatable bonds is 41. The number of carbonyl (C=O) groups excluding carboxylic acids is 2. The van der Waals surface area contributed by atoms with Crippen LogP contribution in [-0.2, 0) is 93.7 Å². The number of hydrogen-bond acceptors (Lipinski definition) is 42. The van der Waals surface area contributed by atoms with E-state index in [2.05, 4.69) is 66.9 Å². The number of amides is 2. The molecule has 7 aliphatic rings. The molecule has 0 radical (unpaired) electrons. The number of phosphoric acid groups is 2. The van der Waals surface area contributed by atoms with E-state index < -0.39 is 295 Å². The van der Waals surface area contributed by atoms with Crippen LogP contribution >= 0.6 is 15.6 Å². The zero-order valence-corrected chi connectivity index (χ0v) is 67.7. The topological polar surface area (TPSA) is 691 Å². The van der Waals surface area contributed by atoms with Gasteiger partial charge in [0, 0.05) is 13.8 Å². The van der Waals surface area contributed by atoms with Crippen molar-refractivity contribution in [1.82, 2.24) is 10.6 Å². The summed E-state index contributed by atoms with van der Waals surface area (Å²) in [4.78, 5) is 52.3. The Morgan fingerprint density at radius 1 is 0.376 bits per heavy atom. The number of nitrogens with one attached hydrogen (secondary N) is 2. The van der Waals surface area contributed by atoms with Gasteiger partial charge in [-0.1, -0.05) is 53.5 Å². The maximum Gasteiger partial charge on any atom is 0.276 e. The fourth-order valence-electron chi connectivity index (χ4n) is 14.1. The molecule has 7 aliphatic heterocycles. The lowest BCUT2D eigenvalue weighted by Crippen LogP contribution is -2.70. The van der Waals surface area contributed by atoms with Crippen LogP contribution in [0.5, 0.6) is 0 Å². The van der Waals surface area contributed by atoms with Crippen molar-refractivity contribution in [1.29, 1.82) is 0 Å². The van der Waals surface area contributed by atoms with Crippen LogP contribution in [0.4, 0.5) is 0 Å². The quantitative estimate of drug-likeness (QED) is 0.0200. The zero-order chi connectivity index (χ0) is 86.8. The molecule has 0 spiro atoms. The summed E-state index contributed by atoms with van der Waals surface area (Å²) in [7, 11) is -12.0. The Labute approximate surface area is 674 Å². The summed E-state index contributed by atoms with van der Waals surface area (Å²) in [6.07, 6.45) is -54.6. The minimum absolute atomic E-state index is 0.118. The van der Waals surface area contributed by atoms with Crippen LogP contribution in [0.3, 0.4) is 0 Å². The summed E-state index contributed by atoms with van der Waals surface area (Å²) in [5.74, 6) is -2.12. The first kappa shape index (κ1) is 101. The van der Waals surface area contributed by atoms with Crippen molar-refractivity contribution in [2.45, 2.75) is 328 Å². The van der Waals surface area contributed by atoms with E-state index in [0.717, 1.165) is 52.4 Å². The number of phosphoric ester groups is 2. The molecule has 7 heterocycles. The van der Waals surface area contributed by atoms with E-state index in [4.69, 9.17) is 70.6 Å². The predicted octanol–water partition coefficient (Wildman–Crippen LogP) is -8.04. The van der Waals surface area contributed by atoms with Gasteiger partial charge in [0.1, 0.15) is 171 Å². The second kappa shape index (κ2) is 46.7. The third-order valence-electron chi connectivity index (χ3n) is 20.9. The lowest BCUT2D eigenvalue weighted by atomic mass is 9.94. The summed E-state index contributed by atoms with van der Waals surface area (Å²) in [6.45, 7) is 5.82. The summed E-state index contributed by atoms with van der Waals surface area (Å²) >= 11 is 0. The predicted molar refractivity (Wildman–Crippen MR) is 388 cm³/mol. The largest absolute Gasteiger partial charge is 0.756 e. The molecule has 678 valence electrons. The van der Waals surface area contributed by atoms with Gasteiger partial charge in [0.2, 0.25) is 11.8 Å². The number of ether oxygens (including phenoxy) is 13. The van der Waals surface area contributed by atoms with E-state index in [1.54, 1.807) is 0 Å². The molecule has 7 saturated heterocycles. The lowest BCUT2D eigenvalue weighted by Gasteiger charge is -2.51. The molecule has 0 aliphatic carbocycles. The van der Waals surface area contributed by atoms with Crippen molar-refractivity contribution in [3.63, 3.8) is 0 Å². The molecule has 38 atom stereocenters. The molecule has 46 heteroatoms. The minimum Gasteiger partial charge on any atom is -0.756 e. The van der Waals surface area contributed by atoms with Crippen LogP contribution in [0.15, 0.2) is 46.6 Å². The van der Waals surface area contributed by atoms with Crippen molar-refractivity contribution in [2.24, 2.45) is 5.92 Å². The van der Waals surface area contributed by atoms with Crippen LogP contribution in [0.1, 0.15) is 113 Å². The van der Waals surface area contributed by atoms with E-state index in [0.29, 0.717) is 12.8 Å². The average Bonchev–Trinajstić information content (AvgIpc) is 0.761. The molecule has 0 bridgehead atoms. The Bertz CT molecular complexity index is 3270. The standard InChI is InChI=1S/C71H122N2O42P2/c1-30(2)13-9-14-31(3)15-10-16-32(4)17-11-18-33(5)19-12-20-34(6)21-22-101-116(96,97)115-117(98,99)114-66-45(73-36(8)81)52(88)60(42(28-79)107-66)109-65-44(72-35(7)80)51(87)61(41(27-78)106-65)110-69-59(95)62(50(86)43(108-69)29-100-67-57(93)53(89)46(82)37(23-74)102-67)111-70-64(56(92)49(85)39(25-76)104-70)113-71-63(55(91)48(84)40(26-77)105-71)112-68-58(94)54(90)47(83)38(24-75)103-68/h13,15,17,19,34,37-71,74-79,82-95H,9-12,14,16,18,20-29H2,1-8H3,(H,72,80)(H,73,81)(H,96,97)(H,98,99)/p-2/b31-15+,32-17+,33-19-/t34?,37-,38-,39-,40-,41-,42-,43-,44-,45-,46-,47-,48-,49-,50-,51-,52-,53+,54+,55+,56+,57+,58+,59+,60-,61-,62+,63+,64+,65+,66?,67+,68-,69+,70-,71-/m1/s1. The molecule has 0 aromatic rings. The van der Waals surface area contributed by atoms with Gasteiger partial charge in [-0.15, -0.1) is 0 Å². The number of aliphatic hydroxyl groups excluding tert-OH is 20. The minimum atomic E-state index is -6.18. The van der Waals surface area contributed by atoms with Crippen molar-refractivity contribution in [2.75, 3.05) is 52.9 Å². The third-order valence-corrected chi connectivity index (χ3v) is 23.5. The van der Waals surface area contributed by atoms with E-state index in [-0.39, 0.29) is 12.3 Å². The van der Waals surface area contributed by atoms with Crippen molar-refractivity contribution in [3.8, 4) is 0 Å². The van der Waals surface area contributed by atoms with Crippen molar-refractivity contribution >= 4 is 27.5 Å². The lowest BCUT2D eigenvalue weighted by molar-refractivity contribution is -0.407. The van der Waals surface area contributed by atoms with E-state index >= 15 is 0 Å². The highest BCUT2D eigenvalue weighted by atomic mass is 31.3. The van der Waals surface area contributed by atoms with Crippen LogP contribution in [0, 0.1) is 5.92 Å². The second-order valence-corrected chi connectivity index (χ2v) is 33.4. The Morgan fingerprint density at radius 2 is 0.735 bits per heavy atom. The highest BCUT2D eigenvalue weighted by Crippen LogP contribution is 2.57. The smallest absolute Gasteiger partial charge is 0.276 e. The fraction of sp³-hybridized carbons (Fsp3) is 0.859. The third kappa shape index (κ3) is 27.7. The SMILES string of the molecule is CC(=O)N[C@H]1[C@H](O[C@H]2[C@H](O)[C@@H](NC(C)=O)C(OP(=O)([O-])OP(=O)([O-])OCCC(C)CC/C=C(/C)CC/C=C(\C)CC/C=C(\C)CCC=C(C)C)O[C@@H]2CO)O[C@H](CO)[C@@H](O[C@@H]2O[C@H](CO[C@H]3O[C@H](CO)[C@@H](O)[C@H](O)[C@@H]3O)[C@@H](O)[C@H](O[C@H]3O[C@H](CO)[C@@H](O)[C@H](O)[C@@H]3O[C@H]3O[C@H](CO)[C@@H](O)[C@H](O)[C@@H]3O[C@H]3O[C@H](CO)[C@@H](O)[C@H](O)[C@@H]3O)[C@@H]2O)[C@@H]1O. The average molecular weight is 1740 g/mol. The second-order valence-electron chi connectivity index (χ2n) is 30.5. The van der Waals surface area contributed by atoms with Gasteiger partial charge < -0.3 is 189 Å². The number of aliphatic hydroxyl groups is 20. The van der Waals surface area contributed by atoms with E-state index in [9.17, 15) is 131 Å². The Morgan fingerprint density at radius 3 is 1.20 bits per heavy atom. The first-order chi connectivity index (χ1) is 55.1. The summed E-state index contributed by atoms with van der Waals surface area (Å²) in [5, 5.41) is 225. The molecule has 4 unspecified atom stereocenters. The fourth-order valence-corrected chi connectivity index (χ4v) is 16.2. The molecule has 44 nitrogen and oxygen atoms in total. The maximum absolute atomic E-state index is 13.4. The highest BCUT2D eigenvalue weighted by Gasteiger charge is 2.60. The Balaban J connectivity index is 1.06. The number of carbonyl (C=O) groups is 2. The van der Waals surface area contributed by atoms with Crippen molar-refractivity contribution < 1.29 is 206 Å². The Kier molecular flexibility index (Phi) is 40.3. The molecule has 2 amide bonds. The zero-order valence-electron chi connectivity index (χ0n) is 65.9. The van der Waals surface area contributed by atoms with Crippen LogP contribution in [0.2, 0.25) is 0 Å². The summed E-state index contributed by atoms with van der Waals surface area (Å²) < 4.78 is 117. The molecule has 22 N–H and O–H groups in total. The molecule has 0 aromatic heterocycles. The summed E-state index contributed by atoms with van der Waals surface area (Å²) in [6, 6.07) is -4.12. The van der Waals surface area contributed by atoms with Crippen molar-refractivity contribution in [3.05, 3.63) is 46.6 Å². The van der Waals surface area contributed by atoms with Gasteiger partial charge in [-0.05, 0) is 98.3 Å². The Hall–Kier alpha value is -3.16. The number of hydrogen-bond donors (Lipinski definition) is 22. The maximum atomic E-state index is 13.4. The van der Waals surface area contributed by atoms with Crippen LogP contribution in [-0.4, -0.2) is 382 Å². The molecular formula is C71H120N2O42P2-2. The molecule has 117 heavy (non-hydrogen) atoms. The van der Waals surface area contributed by atoms with Gasteiger partial charge in [0.25, 0.3) is 15.6 Å². The first-order valence-electron chi connectivity index (χ1n) is 38.6. The van der Waals surface area contributed by atoms with Gasteiger partial charge in [0.05, 0.1) is 52.9 Å². The molecule has 0 saturated carbocycles. The molecule has 7 rings (SSSR count). The van der Waals surface area contributed by atoms with Gasteiger partial charge in [0.15, 0.2) is 44.0 Å². The van der Waals surface area contributed by atoms with E-state index in [1.165, 1.54) is 22.3 Å². The first-order valence-corrected chi connectivity index (χ1v) is 41.5. The van der Waals surface area contributed by atoms with E-state index in [1.807, 2.05) is 13.8 Å². The van der Waals surface area contributed by atoms with Gasteiger partial charge in [-0.3, -0.25) is 23.2 Å². The highest BCUT2D eigenvalue weighted by molar-refractivity contribution is 7.59. The van der Waals surface area contributed by atoms with Gasteiger partial charge in [-0.2, -0.15) is 0 Å². The number of allylic oxidation sites excluding steroid dienone is 8. The summed E-state index contributed by atoms with van der Waals surface area (Å²) in [5.41, 5.74) is 5.14. The monoisotopic (exact) mass is 1730 g/mol. The van der Waals surface area contributed by atoms with Gasteiger partial charge >= 0.3 is 0 Å². The van der Waals surface area contributed by atoms with Crippen LogP contribution < -0.4 is 20.4 Å². The van der Waals surface area contributed by atoms with Crippen LogP contribution in [0.25, 0.3) is 0 Å². The molecule has 0 aromatic carbocycles. The normalized spacial score (nSPS) is 41.4. The van der Waals surface area contributed by atoms with Gasteiger partial charge in [-0.25, -0.2) is 4.31 Å². The molecular weight excluding hydrogens is 1610 g/mol. The molecule has 7 fully saturated rings.